The third-order valence-corrected chi connectivity index (χ3v) is 4.05. The van der Waals surface area contributed by atoms with E-state index >= 15 is 0 Å². The molecule has 2 aromatic carbocycles. The summed E-state index contributed by atoms with van der Waals surface area (Å²) in [6.45, 7) is 6.53. The summed E-state index contributed by atoms with van der Waals surface area (Å²) in [4.78, 5) is 16.4. The largest absolute Gasteiger partial charge is 0.334 e. The Hall–Kier alpha value is -3.15. The molecule has 0 aliphatic carbocycles. The molecule has 1 heterocycles. The number of urea groups is 1. The predicted molar refractivity (Wildman–Crippen MR) is 101 cm³/mol. The van der Waals surface area contributed by atoms with Gasteiger partial charge < -0.3 is 15.2 Å². The lowest BCUT2D eigenvalue weighted by Crippen LogP contribution is -2.28. The monoisotopic (exact) mass is 350 g/mol. The van der Waals surface area contributed by atoms with Crippen molar-refractivity contribution in [3.8, 4) is 11.5 Å². The molecule has 2 amide bonds. The minimum Gasteiger partial charge on any atom is -0.334 e. The summed E-state index contributed by atoms with van der Waals surface area (Å²) in [5.74, 6) is 1.37. The Morgan fingerprint density at radius 1 is 1.12 bits per heavy atom. The van der Waals surface area contributed by atoms with Gasteiger partial charge in [-0.3, -0.25) is 0 Å². The van der Waals surface area contributed by atoms with Crippen LogP contribution in [-0.2, 0) is 6.54 Å². The molecule has 0 aliphatic rings. The summed E-state index contributed by atoms with van der Waals surface area (Å²) in [5, 5.41) is 9.63. The van der Waals surface area contributed by atoms with E-state index < -0.39 is 0 Å². The topological polar surface area (TPSA) is 80.0 Å². The average molecular weight is 350 g/mol. The number of benzene rings is 2. The Bertz CT molecular complexity index is 885. The fourth-order valence-electron chi connectivity index (χ4n) is 2.44. The molecule has 3 rings (SSSR count). The van der Waals surface area contributed by atoms with Crippen LogP contribution in [0.5, 0.6) is 0 Å². The van der Waals surface area contributed by atoms with Crippen LogP contribution >= 0.6 is 0 Å². The number of nitrogens with zero attached hydrogens (tertiary/aromatic N) is 2. The van der Waals surface area contributed by atoms with Crippen LogP contribution in [0.4, 0.5) is 10.5 Å². The summed E-state index contributed by atoms with van der Waals surface area (Å²) >= 11 is 0. The van der Waals surface area contributed by atoms with Crippen molar-refractivity contribution in [3.05, 3.63) is 65.5 Å². The van der Waals surface area contributed by atoms with Gasteiger partial charge in [0.1, 0.15) is 0 Å². The fourth-order valence-corrected chi connectivity index (χ4v) is 2.44. The second-order valence-corrected chi connectivity index (χ2v) is 6.42. The van der Waals surface area contributed by atoms with Gasteiger partial charge >= 0.3 is 6.03 Å². The predicted octanol–water partition coefficient (Wildman–Crippen LogP) is 4.49. The molecule has 0 fully saturated rings. The zero-order chi connectivity index (χ0) is 18.5. The van der Waals surface area contributed by atoms with Gasteiger partial charge in [-0.05, 0) is 42.3 Å². The minimum absolute atomic E-state index is 0.213. The number of hydrogen-bond acceptors (Lipinski definition) is 4. The number of aryl methyl sites for hydroxylation is 1. The molecule has 2 N–H and O–H groups in total. The maximum Gasteiger partial charge on any atom is 0.319 e. The van der Waals surface area contributed by atoms with Crippen LogP contribution in [0.1, 0.15) is 36.7 Å². The van der Waals surface area contributed by atoms with E-state index in [2.05, 4.69) is 20.8 Å². The molecule has 0 aliphatic heterocycles. The zero-order valence-corrected chi connectivity index (χ0v) is 15.1. The van der Waals surface area contributed by atoms with E-state index in [0.29, 0.717) is 23.9 Å². The molecule has 6 nitrogen and oxygen atoms in total. The molecule has 6 heteroatoms. The van der Waals surface area contributed by atoms with Gasteiger partial charge in [0, 0.05) is 23.7 Å². The number of rotatable bonds is 5. The third kappa shape index (κ3) is 4.27. The van der Waals surface area contributed by atoms with Crippen LogP contribution in [0.15, 0.2) is 53.1 Å². The van der Waals surface area contributed by atoms with Gasteiger partial charge in [0.15, 0.2) is 5.82 Å². The highest BCUT2D eigenvalue weighted by atomic mass is 16.5. The fraction of sp³-hybridized carbons (Fsp3) is 0.250. The first kappa shape index (κ1) is 17.7. The highest BCUT2D eigenvalue weighted by Crippen LogP contribution is 2.21. The quantitative estimate of drug-likeness (QED) is 0.710. The SMILES string of the molecule is Cc1ccccc1CNC(=O)Nc1ccc(-c2nc(C(C)C)no2)cc1. The summed E-state index contributed by atoms with van der Waals surface area (Å²) in [5.41, 5.74) is 3.75. The lowest BCUT2D eigenvalue weighted by atomic mass is 10.1. The molecule has 0 atom stereocenters. The van der Waals surface area contributed by atoms with Crippen molar-refractivity contribution < 1.29 is 9.32 Å². The number of carbonyl (C=O) groups is 1. The lowest BCUT2D eigenvalue weighted by molar-refractivity contribution is 0.251. The minimum atomic E-state index is -0.249. The van der Waals surface area contributed by atoms with Gasteiger partial charge in [0.2, 0.25) is 0 Å². The van der Waals surface area contributed by atoms with Crippen molar-refractivity contribution in [2.24, 2.45) is 0 Å². The molecule has 0 saturated carbocycles. The lowest BCUT2D eigenvalue weighted by Gasteiger charge is -2.09. The Morgan fingerprint density at radius 2 is 1.85 bits per heavy atom. The maximum atomic E-state index is 12.1. The van der Waals surface area contributed by atoms with Crippen molar-refractivity contribution in [3.63, 3.8) is 0 Å². The van der Waals surface area contributed by atoms with E-state index in [1.807, 2.05) is 69.3 Å². The molecular formula is C20H22N4O2. The van der Waals surface area contributed by atoms with Crippen molar-refractivity contribution in [1.82, 2.24) is 15.5 Å². The normalized spacial score (nSPS) is 10.8. The number of anilines is 1. The highest BCUT2D eigenvalue weighted by molar-refractivity contribution is 5.89. The van der Waals surface area contributed by atoms with Gasteiger partial charge in [-0.15, -0.1) is 0 Å². The van der Waals surface area contributed by atoms with E-state index in [1.165, 1.54) is 0 Å². The van der Waals surface area contributed by atoms with Crippen LogP contribution in [0.2, 0.25) is 0 Å². The molecule has 0 unspecified atom stereocenters. The zero-order valence-electron chi connectivity index (χ0n) is 15.1. The van der Waals surface area contributed by atoms with Gasteiger partial charge in [-0.25, -0.2) is 4.79 Å². The van der Waals surface area contributed by atoms with Crippen molar-refractivity contribution in [1.29, 1.82) is 0 Å². The molecule has 1 aromatic heterocycles. The van der Waals surface area contributed by atoms with E-state index in [-0.39, 0.29) is 11.9 Å². The second kappa shape index (κ2) is 7.82. The summed E-state index contributed by atoms with van der Waals surface area (Å²) in [7, 11) is 0. The number of aromatic nitrogens is 2. The van der Waals surface area contributed by atoms with Gasteiger partial charge in [0.05, 0.1) is 0 Å². The molecular weight excluding hydrogens is 328 g/mol. The van der Waals surface area contributed by atoms with Crippen molar-refractivity contribution in [2.75, 3.05) is 5.32 Å². The van der Waals surface area contributed by atoms with Gasteiger partial charge in [-0.1, -0.05) is 43.3 Å². The summed E-state index contributed by atoms with van der Waals surface area (Å²) in [6.07, 6.45) is 0. The van der Waals surface area contributed by atoms with Gasteiger partial charge in [-0.2, -0.15) is 4.98 Å². The van der Waals surface area contributed by atoms with Gasteiger partial charge in [0.25, 0.3) is 5.89 Å². The molecule has 3 aromatic rings. The molecule has 0 saturated heterocycles. The number of carbonyl (C=O) groups excluding carboxylic acids is 1. The van der Waals surface area contributed by atoms with E-state index in [1.54, 1.807) is 0 Å². The van der Waals surface area contributed by atoms with Crippen molar-refractivity contribution >= 4 is 11.7 Å². The summed E-state index contributed by atoms with van der Waals surface area (Å²) < 4.78 is 5.27. The molecule has 0 radical (unpaired) electrons. The Kier molecular flexibility index (Phi) is 5.31. The average Bonchev–Trinajstić information content (AvgIpc) is 3.12. The van der Waals surface area contributed by atoms with Crippen LogP contribution in [0.25, 0.3) is 11.5 Å². The molecule has 0 spiro atoms. The molecule has 26 heavy (non-hydrogen) atoms. The number of nitrogens with one attached hydrogen (secondary N) is 2. The van der Waals surface area contributed by atoms with E-state index in [0.717, 1.165) is 16.7 Å². The highest BCUT2D eigenvalue weighted by Gasteiger charge is 2.11. The van der Waals surface area contributed by atoms with Crippen LogP contribution < -0.4 is 10.6 Å². The number of amides is 2. The Balaban J connectivity index is 1.58. The standard InChI is InChI=1S/C20H22N4O2/c1-13(2)18-23-19(26-24-18)15-8-10-17(11-9-15)22-20(25)21-12-16-7-5-4-6-14(16)3/h4-11,13H,12H2,1-3H3,(H2,21,22,25). The first-order chi connectivity index (χ1) is 12.5. The molecule has 0 bridgehead atoms. The Morgan fingerprint density at radius 3 is 2.50 bits per heavy atom. The second-order valence-electron chi connectivity index (χ2n) is 6.42. The summed E-state index contributed by atoms with van der Waals surface area (Å²) in [6, 6.07) is 15.0. The maximum absolute atomic E-state index is 12.1. The Labute approximate surface area is 152 Å². The van der Waals surface area contributed by atoms with E-state index in [9.17, 15) is 4.79 Å². The first-order valence-corrected chi connectivity index (χ1v) is 8.56. The van der Waals surface area contributed by atoms with Crippen LogP contribution in [0.3, 0.4) is 0 Å². The van der Waals surface area contributed by atoms with Crippen LogP contribution in [0, 0.1) is 6.92 Å². The first-order valence-electron chi connectivity index (χ1n) is 8.56. The third-order valence-electron chi connectivity index (χ3n) is 4.05. The number of hydrogen-bond donors (Lipinski definition) is 2. The van der Waals surface area contributed by atoms with E-state index in [4.69, 9.17) is 4.52 Å². The van der Waals surface area contributed by atoms with Crippen LogP contribution in [-0.4, -0.2) is 16.2 Å². The van der Waals surface area contributed by atoms with Crippen molar-refractivity contribution in [2.45, 2.75) is 33.2 Å². The smallest absolute Gasteiger partial charge is 0.319 e. The molecule has 134 valence electrons.